The first-order valence-corrected chi connectivity index (χ1v) is 10.3. The standard InChI is InChI=1S/C19H19Cl2N5O3S/c1-10(18(27)23-12-7-13(28-2)9-14(8-12)29-3)30-19-25-24-17(26(19)22)15-6-11(20)4-5-16(15)21/h4-10H,22H2,1-3H3,(H,23,27). The van der Waals surface area contributed by atoms with Crippen molar-refractivity contribution < 1.29 is 14.3 Å². The fourth-order valence-electron chi connectivity index (χ4n) is 2.55. The minimum atomic E-state index is -0.517. The summed E-state index contributed by atoms with van der Waals surface area (Å²) in [6, 6.07) is 10.1. The number of ether oxygens (including phenoxy) is 2. The first-order valence-electron chi connectivity index (χ1n) is 8.69. The number of methoxy groups -OCH3 is 2. The second-order valence-corrected chi connectivity index (χ2v) is 8.30. The highest BCUT2D eigenvalue weighted by Gasteiger charge is 2.21. The van der Waals surface area contributed by atoms with Crippen LogP contribution in [0.25, 0.3) is 11.4 Å². The molecule has 0 spiro atoms. The van der Waals surface area contributed by atoms with E-state index in [1.807, 2.05) is 0 Å². The van der Waals surface area contributed by atoms with Gasteiger partial charge < -0.3 is 20.6 Å². The highest BCUT2D eigenvalue weighted by atomic mass is 35.5. The van der Waals surface area contributed by atoms with Crippen molar-refractivity contribution in [3.8, 4) is 22.9 Å². The summed E-state index contributed by atoms with van der Waals surface area (Å²) in [5.41, 5.74) is 1.09. The lowest BCUT2D eigenvalue weighted by atomic mass is 10.2. The number of carbonyl (C=O) groups is 1. The summed E-state index contributed by atoms with van der Waals surface area (Å²) in [6.07, 6.45) is 0. The number of rotatable bonds is 7. The van der Waals surface area contributed by atoms with Gasteiger partial charge in [0.25, 0.3) is 0 Å². The van der Waals surface area contributed by atoms with Crippen molar-refractivity contribution in [2.24, 2.45) is 0 Å². The third kappa shape index (κ3) is 4.92. The molecule has 1 unspecified atom stereocenters. The maximum atomic E-state index is 12.7. The quantitative estimate of drug-likeness (QED) is 0.397. The average molecular weight is 468 g/mol. The molecular formula is C19H19Cl2N5O3S. The number of nitrogens with zero attached hydrogens (tertiary/aromatic N) is 3. The molecule has 8 nitrogen and oxygen atoms in total. The molecule has 0 aliphatic carbocycles. The van der Waals surface area contributed by atoms with Crippen molar-refractivity contribution in [3.63, 3.8) is 0 Å². The Morgan fingerprint density at radius 2 is 1.80 bits per heavy atom. The van der Waals surface area contributed by atoms with E-state index in [0.717, 1.165) is 11.8 Å². The van der Waals surface area contributed by atoms with Gasteiger partial charge in [0, 0.05) is 34.5 Å². The van der Waals surface area contributed by atoms with Gasteiger partial charge in [-0.1, -0.05) is 35.0 Å². The number of nitrogens with two attached hydrogens (primary N) is 1. The second kappa shape index (κ2) is 9.46. The fourth-order valence-corrected chi connectivity index (χ4v) is 3.69. The van der Waals surface area contributed by atoms with Gasteiger partial charge in [0.1, 0.15) is 11.5 Å². The Labute approximate surface area is 187 Å². The van der Waals surface area contributed by atoms with Gasteiger partial charge in [-0.05, 0) is 25.1 Å². The van der Waals surface area contributed by atoms with Gasteiger partial charge in [-0.2, -0.15) is 0 Å². The molecule has 1 aromatic heterocycles. The summed E-state index contributed by atoms with van der Waals surface area (Å²) in [4.78, 5) is 12.7. The number of nitrogens with one attached hydrogen (secondary N) is 1. The molecule has 0 aliphatic heterocycles. The Bertz CT molecular complexity index is 1050. The van der Waals surface area contributed by atoms with Gasteiger partial charge in [-0.3, -0.25) is 4.79 Å². The van der Waals surface area contributed by atoms with Crippen LogP contribution in [-0.4, -0.2) is 40.3 Å². The highest BCUT2D eigenvalue weighted by molar-refractivity contribution is 8.00. The molecular weight excluding hydrogens is 449 g/mol. The molecule has 11 heteroatoms. The number of thioether (sulfide) groups is 1. The molecule has 0 fully saturated rings. The summed E-state index contributed by atoms with van der Waals surface area (Å²) >= 11 is 13.4. The van der Waals surface area contributed by atoms with E-state index in [-0.39, 0.29) is 5.91 Å². The SMILES string of the molecule is COc1cc(NC(=O)C(C)Sc2nnc(-c3cc(Cl)ccc3Cl)n2N)cc(OC)c1. The third-order valence-electron chi connectivity index (χ3n) is 4.10. The Balaban J connectivity index is 1.75. The maximum absolute atomic E-state index is 12.7. The number of carbonyl (C=O) groups excluding carboxylic acids is 1. The summed E-state index contributed by atoms with van der Waals surface area (Å²) in [5.74, 6) is 7.36. The number of aromatic nitrogens is 3. The Morgan fingerprint density at radius 3 is 2.43 bits per heavy atom. The van der Waals surface area contributed by atoms with Crippen LogP contribution < -0.4 is 20.6 Å². The maximum Gasteiger partial charge on any atom is 0.237 e. The lowest BCUT2D eigenvalue weighted by molar-refractivity contribution is -0.115. The van der Waals surface area contributed by atoms with Gasteiger partial charge in [-0.15, -0.1) is 10.2 Å². The number of anilines is 1. The Kier molecular flexibility index (Phi) is 6.96. The number of benzene rings is 2. The predicted molar refractivity (Wildman–Crippen MR) is 119 cm³/mol. The van der Waals surface area contributed by atoms with E-state index in [1.165, 1.54) is 18.9 Å². The van der Waals surface area contributed by atoms with Gasteiger partial charge in [0.05, 0.1) is 24.5 Å². The Hall–Kier alpha value is -2.62. The smallest absolute Gasteiger partial charge is 0.237 e. The molecule has 3 N–H and O–H groups in total. The predicted octanol–water partition coefficient (Wildman–Crippen LogP) is 4.10. The summed E-state index contributed by atoms with van der Waals surface area (Å²) < 4.78 is 11.7. The van der Waals surface area contributed by atoms with Crippen LogP contribution in [0.1, 0.15) is 6.92 Å². The molecule has 0 saturated heterocycles. The number of nitrogen functional groups attached to an aromatic ring is 1. The van der Waals surface area contributed by atoms with Crippen LogP contribution in [0.5, 0.6) is 11.5 Å². The minimum absolute atomic E-state index is 0.249. The van der Waals surface area contributed by atoms with Gasteiger partial charge in [0.15, 0.2) is 5.82 Å². The van der Waals surface area contributed by atoms with E-state index >= 15 is 0 Å². The van der Waals surface area contributed by atoms with E-state index in [2.05, 4.69) is 15.5 Å². The zero-order valence-electron chi connectivity index (χ0n) is 16.3. The number of halogens is 2. The van der Waals surface area contributed by atoms with Gasteiger partial charge >= 0.3 is 0 Å². The highest BCUT2D eigenvalue weighted by Crippen LogP contribution is 2.32. The lowest BCUT2D eigenvalue weighted by Gasteiger charge is -2.13. The molecule has 30 heavy (non-hydrogen) atoms. The average Bonchev–Trinajstić information content (AvgIpc) is 3.09. The molecule has 3 aromatic rings. The third-order valence-corrected chi connectivity index (χ3v) is 5.73. The van der Waals surface area contributed by atoms with Crippen LogP contribution in [0.15, 0.2) is 41.6 Å². The van der Waals surface area contributed by atoms with Crippen LogP contribution >= 0.6 is 35.0 Å². The molecule has 2 aromatic carbocycles. The normalized spacial score (nSPS) is 11.8. The second-order valence-electron chi connectivity index (χ2n) is 6.15. The van der Waals surface area contributed by atoms with Crippen LogP contribution in [0, 0.1) is 0 Å². The van der Waals surface area contributed by atoms with E-state index in [9.17, 15) is 4.79 Å². The van der Waals surface area contributed by atoms with Crippen LogP contribution in [-0.2, 0) is 4.79 Å². The van der Waals surface area contributed by atoms with Crippen molar-refractivity contribution in [1.29, 1.82) is 0 Å². The van der Waals surface area contributed by atoms with E-state index in [4.69, 9.17) is 38.5 Å². The monoisotopic (exact) mass is 467 g/mol. The molecule has 1 heterocycles. The van der Waals surface area contributed by atoms with E-state index in [1.54, 1.807) is 43.3 Å². The van der Waals surface area contributed by atoms with Crippen LogP contribution in [0.4, 0.5) is 5.69 Å². The Morgan fingerprint density at radius 1 is 1.13 bits per heavy atom. The van der Waals surface area contributed by atoms with E-state index in [0.29, 0.717) is 43.8 Å². The molecule has 158 valence electrons. The van der Waals surface area contributed by atoms with Crippen molar-refractivity contribution in [2.75, 3.05) is 25.4 Å². The largest absolute Gasteiger partial charge is 0.497 e. The van der Waals surface area contributed by atoms with Crippen molar-refractivity contribution in [3.05, 3.63) is 46.4 Å². The van der Waals surface area contributed by atoms with Gasteiger partial charge in [-0.25, -0.2) is 4.68 Å². The topological polar surface area (TPSA) is 104 Å². The molecule has 1 amide bonds. The van der Waals surface area contributed by atoms with E-state index < -0.39 is 5.25 Å². The first kappa shape index (κ1) is 22.1. The first-order chi connectivity index (χ1) is 14.3. The number of hydrogen-bond acceptors (Lipinski definition) is 7. The number of hydrogen-bond donors (Lipinski definition) is 2. The molecule has 3 rings (SSSR count). The molecule has 1 atom stereocenters. The summed E-state index contributed by atoms with van der Waals surface area (Å²) in [7, 11) is 3.08. The van der Waals surface area contributed by atoms with Crippen molar-refractivity contribution in [1.82, 2.24) is 14.9 Å². The van der Waals surface area contributed by atoms with Crippen LogP contribution in [0.2, 0.25) is 10.0 Å². The van der Waals surface area contributed by atoms with Gasteiger partial charge in [0.2, 0.25) is 11.1 Å². The molecule has 0 radical (unpaired) electrons. The fraction of sp³-hybridized carbons (Fsp3) is 0.211. The number of amides is 1. The van der Waals surface area contributed by atoms with Crippen molar-refractivity contribution in [2.45, 2.75) is 17.3 Å². The molecule has 0 bridgehead atoms. The molecule has 0 aliphatic rings. The zero-order valence-corrected chi connectivity index (χ0v) is 18.7. The lowest BCUT2D eigenvalue weighted by Crippen LogP contribution is -2.23. The van der Waals surface area contributed by atoms with Crippen LogP contribution in [0.3, 0.4) is 0 Å². The van der Waals surface area contributed by atoms with Crippen molar-refractivity contribution >= 4 is 46.6 Å². The summed E-state index contributed by atoms with van der Waals surface area (Å²) in [5, 5.41) is 11.8. The minimum Gasteiger partial charge on any atom is -0.497 e. The molecule has 0 saturated carbocycles. The summed E-state index contributed by atoms with van der Waals surface area (Å²) in [6.45, 7) is 1.73. The zero-order chi connectivity index (χ0) is 21.8.